The van der Waals surface area contributed by atoms with Crippen molar-refractivity contribution < 1.29 is 23.8 Å². The number of carbonyl (C=O) groups excluding carboxylic acids is 2. The van der Waals surface area contributed by atoms with Gasteiger partial charge in [0.1, 0.15) is 18.0 Å². The predicted molar refractivity (Wildman–Crippen MR) is 139 cm³/mol. The molecule has 0 bridgehead atoms. The van der Waals surface area contributed by atoms with Crippen LogP contribution >= 0.6 is 11.6 Å². The molecular weight excluding hydrogens is 484 g/mol. The van der Waals surface area contributed by atoms with Gasteiger partial charge in [0.2, 0.25) is 0 Å². The summed E-state index contributed by atoms with van der Waals surface area (Å²) in [6, 6.07) is 12.0. The lowest BCUT2D eigenvalue weighted by Crippen LogP contribution is -2.47. The van der Waals surface area contributed by atoms with Gasteiger partial charge in [0.05, 0.1) is 32.6 Å². The number of hydrogen-bond acceptors (Lipinski definition) is 6. The molecule has 1 atom stereocenters. The Labute approximate surface area is 216 Å². The van der Waals surface area contributed by atoms with Crippen molar-refractivity contribution in [3.63, 3.8) is 0 Å². The van der Waals surface area contributed by atoms with Crippen LogP contribution in [0.3, 0.4) is 0 Å². The molecule has 0 saturated heterocycles. The van der Waals surface area contributed by atoms with Crippen molar-refractivity contribution in [1.82, 2.24) is 15.2 Å². The zero-order valence-corrected chi connectivity index (χ0v) is 21.9. The molecule has 2 aromatic carbocycles. The van der Waals surface area contributed by atoms with Crippen LogP contribution in [-0.4, -0.2) is 75.1 Å². The lowest BCUT2D eigenvalue weighted by molar-refractivity contribution is -0.133. The highest BCUT2D eigenvalue weighted by molar-refractivity contribution is 6.34. The van der Waals surface area contributed by atoms with Gasteiger partial charge in [0, 0.05) is 42.8 Å². The topological polar surface area (TPSA) is 92.7 Å². The van der Waals surface area contributed by atoms with Crippen LogP contribution in [0.15, 0.2) is 47.6 Å². The van der Waals surface area contributed by atoms with E-state index in [2.05, 4.69) is 5.32 Å². The van der Waals surface area contributed by atoms with E-state index in [-0.39, 0.29) is 25.0 Å². The third kappa shape index (κ3) is 6.47. The second-order valence-corrected chi connectivity index (χ2v) is 8.65. The second-order valence-electron chi connectivity index (χ2n) is 8.24. The predicted octanol–water partition coefficient (Wildman–Crippen LogP) is 4.10. The van der Waals surface area contributed by atoms with Gasteiger partial charge in [0.25, 0.3) is 5.91 Å². The Balaban J connectivity index is 1.98. The SMILES string of the molecule is CCCNC(=O)N(CCOC)CC(=O)N1N=C(c2ccccc2Cl)C[C@@H]1c1cc(OC)ccc1OC. The van der Waals surface area contributed by atoms with Gasteiger partial charge in [-0.25, -0.2) is 9.80 Å². The summed E-state index contributed by atoms with van der Waals surface area (Å²) >= 11 is 6.46. The minimum Gasteiger partial charge on any atom is -0.497 e. The van der Waals surface area contributed by atoms with Crippen molar-refractivity contribution in [3.05, 3.63) is 58.6 Å². The van der Waals surface area contributed by atoms with Gasteiger partial charge in [-0.05, 0) is 30.7 Å². The molecule has 0 radical (unpaired) electrons. The molecule has 10 heteroatoms. The number of urea groups is 1. The molecule has 1 aliphatic heterocycles. The van der Waals surface area contributed by atoms with Crippen molar-refractivity contribution in [2.75, 3.05) is 47.6 Å². The molecule has 1 N–H and O–H groups in total. The third-order valence-electron chi connectivity index (χ3n) is 5.85. The highest BCUT2D eigenvalue weighted by atomic mass is 35.5. The van der Waals surface area contributed by atoms with Gasteiger partial charge < -0.3 is 24.4 Å². The molecule has 0 aromatic heterocycles. The van der Waals surface area contributed by atoms with E-state index in [1.165, 1.54) is 9.91 Å². The summed E-state index contributed by atoms with van der Waals surface area (Å²) in [5, 5.41) is 9.48. The van der Waals surface area contributed by atoms with Gasteiger partial charge in [-0.1, -0.05) is 36.7 Å². The van der Waals surface area contributed by atoms with E-state index in [0.29, 0.717) is 41.8 Å². The van der Waals surface area contributed by atoms with E-state index in [4.69, 9.17) is 30.9 Å². The minimum atomic E-state index is -0.475. The number of hydrazone groups is 1. The van der Waals surface area contributed by atoms with E-state index in [1.54, 1.807) is 39.5 Å². The Morgan fingerprint density at radius 1 is 1.17 bits per heavy atom. The summed E-state index contributed by atoms with van der Waals surface area (Å²) in [5.74, 6) is 0.894. The molecule has 0 fully saturated rings. The number of methoxy groups -OCH3 is 3. The van der Waals surface area contributed by atoms with Crippen molar-refractivity contribution >= 4 is 29.3 Å². The molecule has 0 unspecified atom stereocenters. The van der Waals surface area contributed by atoms with Gasteiger partial charge in [-0.2, -0.15) is 5.10 Å². The molecule has 36 heavy (non-hydrogen) atoms. The summed E-state index contributed by atoms with van der Waals surface area (Å²) in [4.78, 5) is 27.8. The van der Waals surface area contributed by atoms with E-state index < -0.39 is 6.04 Å². The van der Waals surface area contributed by atoms with Crippen LogP contribution < -0.4 is 14.8 Å². The first-order valence-corrected chi connectivity index (χ1v) is 12.2. The summed E-state index contributed by atoms with van der Waals surface area (Å²) in [7, 11) is 4.71. The van der Waals surface area contributed by atoms with Crippen LogP contribution in [0, 0.1) is 0 Å². The standard InChI is InChI=1S/C26H33ClN4O5/c1-5-12-28-26(33)30(13-14-34-2)17-25(32)31-23(20-15-18(35-3)10-11-24(20)36-4)16-22(29-31)19-8-6-7-9-21(19)27/h6-11,15,23H,5,12-14,16-17H2,1-4H3,(H,28,33)/t23-/m1/s1. The van der Waals surface area contributed by atoms with Crippen molar-refractivity contribution in [2.45, 2.75) is 25.8 Å². The van der Waals surface area contributed by atoms with Crippen molar-refractivity contribution in [3.8, 4) is 11.5 Å². The lowest BCUT2D eigenvalue weighted by atomic mass is 9.97. The molecule has 194 valence electrons. The van der Waals surface area contributed by atoms with E-state index in [1.807, 2.05) is 31.2 Å². The average molecular weight is 517 g/mol. The van der Waals surface area contributed by atoms with Gasteiger partial charge in [0.15, 0.2) is 0 Å². The molecule has 1 heterocycles. The van der Waals surface area contributed by atoms with Crippen LogP contribution in [0.4, 0.5) is 4.79 Å². The highest BCUT2D eigenvalue weighted by Crippen LogP contribution is 2.40. The number of halogens is 1. The fourth-order valence-corrected chi connectivity index (χ4v) is 4.22. The minimum absolute atomic E-state index is 0.166. The second kappa shape index (κ2) is 13.1. The van der Waals surface area contributed by atoms with E-state index in [9.17, 15) is 9.59 Å². The van der Waals surface area contributed by atoms with Gasteiger partial charge >= 0.3 is 6.03 Å². The van der Waals surface area contributed by atoms with Crippen LogP contribution in [0.5, 0.6) is 11.5 Å². The van der Waals surface area contributed by atoms with Gasteiger partial charge in [-0.3, -0.25) is 4.79 Å². The maximum Gasteiger partial charge on any atom is 0.317 e. The smallest absolute Gasteiger partial charge is 0.317 e. The summed E-state index contributed by atoms with van der Waals surface area (Å²) in [6.07, 6.45) is 1.20. The number of nitrogens with zero attached hydrogens (tertiary/aromatic N) is 3. The molecule has 3 amide bonds. The lowest BCUT2D eigenvalue weighted by Gasteiger charge is -2.27. The molecule has 9 nitrogen and oxygen atoms in total. The van der Waals surface area contributed by atoms with Crippen LogP contribution in [0.2, 0.25) is 5.02 Å². The zero-order valence-electron chi connectivity index (χ0n) is 21.1. The highest BCUT2D eigenvalue weighted by Gasteiger charge is 2.36. The summed E-state index contributed by atoms with van der Waals surface area (Å²) < 4.78 is 16.2. The van der Waals surface area contributed by atoms with Crippen molar-refractivity contribution in [1.29, 1.82) is 0 Å². The number of rotatable bonds is 11. The molecule has 0 aliphatic carbocycles. The first kappa shape index (κ1) is 27.3. The fraction of sp³-hybridized carbons (Fsp3) is 0.423. The maximum absolute atomic E-state index is 13.6. The first-order chi connectivity index (χ1) is 17.4. The normalized spacial score (nSPS) is 14.9. The molecule has 0 saturated carbocycles. The number of ether oxygens (including phenoxy) is 3. The Morgan fingerprint density at radius 2 is 1.94 bits per heavy atom. The Hall–Kier alpha value is -3.30. The van der Waals surface area contributed by atoms with Gasteiger partial charge in [-0.15, -0.1) is 0 Å². The molecule has 1 aliphatic rings. The van der Waals surface area contributed by atoms with Crippen molar-refractivity contribution in [2.24, 2.45) is 5.10 Å². The molecule has 3 rings (SSSR count). The number of benzene rings is 2. The fourth-order valence-electron chi connectivity index (χ4n) is 3.97. The Morgan fingerprint density at radius 3 is 2.61 bits per heavy atom. The monoisotopic (exact) mass is 516 g/mol. The maximum atomic E-state index is 13.6. The quantitative estimate of drug-likeness (QED) is 0.485. The summed E-state index contributed by atoms with van der Waals surface area (Å²) in [5.41, 5.74) is 2.16. The summed E-state index contributed by atoms with van der Waals surface area (Å²) in [6.45, 7) is 2.87. The van der Waals surface area contributed by atoms with Crippen LogP contribution in [0.1, 0.15) is 36.9 Å². The number of hydrogen-bond donors (Lipinski definition) is 1. The number of carbonyl (C=O) groups is 2. The van der Waals surface area contributed by atoms with Crippen LogP contribution in [0.25, 0.3) is 0 Å². The first-order valence-electron chi connectivity index (χ1n) is 11.8. The average Bonchev–Trinajstić information content (AvgIpc) is 3.34. The number of amides is 3. The third-order valence-corrected chi connectivity index (χ3v) is 6.18. The number of nitrogens with one attached hydrogen (secondary N) is 1. The largest absolute Gasteiger partial charge is 0.497 e. The Kier molecular flexibility index (Phi) is 9.95. The van der Waals surface area contributed by atoms with E-state index >= 15 is 0 Å². The molecule has 0 spiro atoms. The van der Waals surface area contributed by atoms with E-state index in [0.717, 1.165) is 17.5 Å². The molecular formula is C26H33ClN4O5. The Bertz CT molecular complexity index is 1090. The zero-order chi connectivity index (χ0) is 26.1. The van der Waals surface area contributed by atoms with Crippen LogP contribution in [-0.2, 0) is 9.53 Å². The molecule has 2 aromatic rings.